The zero-order valence-electron chi connectivity index (χ0n) is 24.2. The Labute approximate surface area is 245 Å². The van der Waals surface area contributed by atoms with Gasteiger partial charge in [0, 0.05) is 19.3 Å². The van der Waals surface area contributed by atoms with Gasteiger partial charge in [0.2, 0.25) is 11.8 Å². The molecule has 3 saturated carbocycles. The van der Waals surface area contributed by atoms with Gasteiger partial charge in [0.05, 0.1) is 47.1 Å². The van der Waals surface area contributed by atoms with Gasteiger partial charge in [-0.25, -0.2) is 23.1 Å². The number of nitrogens with zero attached hydrogens (tertiary/aromatic N) is 4. The van der Waals surface area contributed by atoms with Crippen LogP contribution in [0.4, 0.5) is 26.7 Å². The van der Waals surface area contributed by atoms with E-state index in [9.17, 15) is 36.8 Å². The van der Waals surface area contributed by atoms with Gasteiger partial charge in [-0.05, 0) is 76.8 Å². The molecule has 0 aromatic carbocycles. The number of nitriles is 1. The van der Waals surface area contributed by atoms with Crippen molar-refractivity contribution in [2.75, 3.05) is 0 Å². The molecule has 3 fully saturated rings. The first kappa shape index (κ1) is 30.9. The molecule has 0 unspecified atom stereocenters. The SMILES string of the molecule is CC(C)(C)OC(=O)N[C@H](c1cn2ncc([C@@H](NC(=O)CC3(C(F)(F)F)CC3)C3(C#N)CC3)cc2n1)C1CCC(F)(F)CC1. The molecule has 2 heterocycles. The van der Waals surface area contributed by atoms with E-state index in [-0.39, 0.29) is 44.4 Å². The first-order valence-corrected chi connectivity index (χ1v) is 14.4. The van der Waals surface area contributed by atoms with Crippen molar-refractivity contribution in [3.05, 3.63) is 29.7 Å². The quantitative estimate of drug-likeness (QED) is 0.338. The Morgan fingerprint density at radius 1 is 1.12 bits per heavy atom. The number of aromatic nitrogens is 3. The van der Waals surface area contributed by atoms with Crippen molar-refractivity contribution in [3.8, 4) is 6.07 Å². The lowest BCUT2D eigenvalue weighted by Crippen LogP contribution is -2.40. The fourth-order valence-electron chi connectivity index (χ4n) is 5.85. The predicted molar refractivity (Wildman–Crippen MR) is 143 cm³/mol. The number of alkyl carbamates (subject to hydrolysis) is 1. The lowest BCUT2D eigenvalue weighted by molar-refractivity contribution is -0.190. The third kappa shape index (κ3) is 6.70. The standard InChI is InChI=1S/C29H35F5N6O3/c1-25(2,3)43-24(42)39-22(17-4-6-28(30,31)7-5-17)19-15-40-20(37-19)12-18(14-36-40)23(26(16-35)8-9-26)38-21(41)13-27(10-11-27)29(32,33)34/h12,14-15,17,22-23H,4-11,13H2,1-3H3,(H,38,41)(H,39,42)/t22-,23+/m0/s1. The van der Waals surface area contributed by atoms with Crippen molar-refractivity contribution in [2.45, 2.75) is 108 Å². The largest absolute Gasteiger partial charge is 0.444 e. The number of carbonyl (C=O) groups is 2. The third-order valence-electron chi connectivity index (χ3n) is 8.74. The molecule has 3 aliphatic rings. The number of ether oxygens (including phenoxy) is 1. The monoisotopic (exact) mass is 610 g/mol. The highest BCUT2D eigenvalue weighted by molar-refractivity contribution is 5.78. The van der Waals surface area contributed by atoms with Crippen LogP contribution in [0.3, 0.4) is 0 Å². The average molecular weight is 611 g/mol. The Kier molecular flexibility index (Phi) is 7.62. The van der Waals surface area contributed by atoms with Crippen LogP contribution < -0.4 is 10.6 Å². The van der Waals surface area contributed by atoms with Gasteiger partial charge in [0.15, 0.2) is 5.65 Å². The van der Waals surface area contributed by atoms with Crippen LogP contribution in [0.25, 0.3) is 5.65 Å². The van der Waals surface area contributed by atoms with Crippen molar-refractivity contribution >= 4 is 17.6 Å². The van der Waals surface area contributed by atoms with E-state index in [1.165, 1.54) is 10.7 Å². The number of imidazole rings is 1. The minimum absolute atomic E-state index is 0.112. The van der Waals surface area contributed by atoms with Crippen LogP contribution in [0, 0.1) is 28.1 Å². The third-order valence-corrected chi connectivity index (χ3v) is 8.74. The lowest BCUT2D eigenvalue weighted by atomic mass is 9.81. The molecule has 5 rings (SSSR count). The van der Waals surface area contributed by atoms with Crippen molar-refractivity contribution in [2.24, 2.45) is 16.7 Å². The smallest absolute Gasteiger partial charge is 0.408 e. The highest BCUT2D eigenvalue weighted by Gasteiger charge is 2.64. The van der Waals surface area contributed by atoms with E-state index in [2.05, 4.69) is 26.8 Å². The molecule has 0 aliphatic heterocycles. The highest BCUT2D eigenvalue weighted by atomic mass is 19.4. The van der Waals surface area contributed by atoms with E-state index in [0.29, 0.717) is 29.7 Å². The summed E-state index contributed by atoms with van der Waals surface area (Å²) in [6.07, 6.45) is -2.59. The molecule has 0 saturated heterocycles. The number of nitrogens with one attached hydrogen (secondary N) is 2. The summed E-state index contributed by atoms with van der Waals surface area (Å²) in [5.41, 5.74) is -2.72. The van der Waals surface area contributed by atoms with Crippen molar-refractivity contribution in [3.63, 3.8) is 0 Å². The number of alkyl halides is 5. The molecular formula is C29H35F5N6O3. The van der Waals surface area contributed by atoms with Crippen molar-refractivity contribution < 1.29 is 36.3 Å². The molecule has 2 amide bonds. The molecule has 234 valence electrons. The first-order chi connectivity index (χ1) is 19.9. The summed E-state index contributed by atoms with van der Waals surface area (Å²) in [7, 11) is 0. The summed E-state index contributed by atoms with van der Waals surface area (Å²) in [6, 6.07) is 2.15. The maximum absolute atomic E-state index is 13.9. The first-order valence-electron chi connectivity index (χ1n) is 14.4. The zero-order valence-corrected chi connectivity index (χ0v) is 24.2. The van der Waals surface area contributed by atoms with E-state index >= 15 is 0 Å². The van der Waals surface area contributed by atoms with Gasteiger partial charge in [0.25, 0.3) is 0 Å². The summed E-state index contributed by atoms with van der Waals surface area (Å²) in [5, 5.41) is 19.7. The fraction of sp³-hybridized carbons (Fsp3) is 0.690. The highest BCUT2D eigenvalue weighted by Crippen LogP contribution is 2.60. The number of fused-ring (bicyclic) bond motifs is 1. The Balaban J connectivity index is 1.42. The number of hydrogen-bond acceptors (Lipinski definition) is 6. The summed E-state index contributed by atoms with van der Waals surface area (Å²) in [6.45, 7) is 5.11. The van der Waals surface area contributed by atoms with Crippen LogP contribution in [0.1, 0.15) is 102 Å². The minimum atomic E-state index is -4.49. The molecule has 2 N–H and O–H groups in total. The predicted octanol–water partition coefficient (Wildman–Crippen LogP) is 6.31. The molecular weight excluding hydrogens is 575 g/mol. The molecule has 0 spiro atoms. The number of rotatable bonds is 8. The molecule has 2 aromatic rings. The van der Waals surface area contributed by atoms with E-state index in [4.69, 9.17) is 4.74 Å². The van der Waals surface area contributed by atoms with Crippen molar-refractivity contribution in [1.82, 2.24) is 25.2 Å². The fourth-order valence-corrected chi connectivity index (χ4v) is 5.85. The zero-order chi connectivity index (χ0) is 31.4. The number of carbonyl (C=O) groups excluding carboxylic acids is 2. The molecule has 0 bridgehead atoms. The molecule has 2 atom stereocenters. The summed E-state index contributed by atoms with van der Waals surface area (Å²) in [4.78, 5) is 30.2. The van der Waals surface area contributed by atoms with Crippen LogP contribution in [0.15, 0.2) is 18.5 Å². The number of amides is 2. The van der Waals surface area contributed by atoms with Crippen molar-refractivity contribution in [1.29, 1.82) is 5.26 Å². The van der Waals surface area contributed by atoms with Gasteiger partial charge in [-0.1, -0.05) is 0 Å². The molecule has 2 aromatic heterocycles. The summed E-state index contributed by atoms with van der Waals surface area (Å²) < 4.78 is 75.2. The van der Waals surface area contributed by atoms with E-state index in [1.807, 2.05) is 0 Å². The minimum Gasteiger partial charge on any atom is -0.444 e. The lowest BCUT2D eigenvalue weighted by Gasteiger charge is -2.33. The van der Waals surface area contributed by atoms with Gasteiger partial charge in [-0.2, -0.15) is 23.5 Å². The van der Waals surface area contributed by atoms with E-state index in [0.717, 1.165) is 0 Å². The number of hydrogen-bond donors (Lipinski definition) is 2. The second-order valence-corrected chi connectivity index (χ2v) is 13.3. The van der Waals surface area contributed by atoms with Crippen LogP contribution in [-0.4, -0.2) is 44.3 Å². The van der Waals surface area contributed by atoms with Gasteiger partial charge in [-0.3, -0.25) is 4.79 Å². The molecule has 9 nitrogen and oxygen atoms in total. The van der Waals surface area contributed by atoms with Crippen LogP contribution >= 0.6 is 0 Å². The average Bonchev–Trinajstić information content (AvgIpc) is 3.81. The maximum atomic E-state index is 13.9. The molecule has 43 heavy (non-hydrogen) atoms. The molecule has 14 heteroatoms. The normalized spacial score (nSPS) is 22.2. The van der Waals surface area contributed by atoms with E-state index in [1.54, 1.807) is 33.0 Å². The Morgan fingerprint density at radius 2 is 1.77 bits per heavy atom. The van der Waals surface area contributed by atoms with Crippen LogP contribution in [0.5, 0.6) is 0 Å². The van der Waals surface area contributed by atoms with Gasteiger partial charge in [0.1, 0.15) is 5.60 Å². The Hall–Kier alpha value is -3.50. The second-order valence-electron chi connectivity index (χ2n) is 13.3. The topological polar surface area (TPSA) is 121 Å². The van der Waals surface area contributed by atoms with Gasteiger partial charge in [-0.15, -0.1) is 0 Å². The van der Waals surface area contributed by atoms with Crippen LogP contribution in [0.2, 0.25) is 0 Å². The van der Waals surface area contributed by atoms with Crippen LogP contribution in [-0.2, 0) is 9.53 Å². The number of halogens is 5. The summed E-state index contributed by atoms with van der Waals surface area (Å²) >= 11 is 0. The van der Waals surface area contributed by atoms with E-state index < -0.39 is 59.0 Å². The summed E-state index contributed by atoms with van der Waals surface area (Å²) in [5.74, 6) is -3.91. The van der Waals surface area contributed by atoms with Gasteiger partial charge >= 0.3 is 12.3 Å². The maximum Gasteiger partial charge on any atom is 0.408 e. The Morgan fingerprint density at radius 3 is 2.30 bits per heavy atom. The Bertz CT molecular complexity index is 1420. The molecule has 3 aliphatic carbocycles. The molecule has 0 radical (unpaired) electrons. The second kappa shape index (κ2) is 10.6. The van der Waals surface area contributed by atoms with Gasteiger partial charge < -0.3 is 15.4 Å².